The molecule has 0 unspecified atom stereocenters. The lowest BCUT2D eigenvalue weighted by atomic mass is 10.2. The molecule has 0 amide bonds. The van der Waals surface area contributed by atoms with Crippen LogP contribution in [0.25, 0.3) is 0 Å². The van der Waals surface area contributed by atoms with Crippen molar-refractivity contribution in [3.05, 3.63) is 59.4 Å². The fourth-order valence-electron chi connectivity index (χ4n) is 1.72. The molecular weight excluding hydrogens is 267 g/mol. The summed E-state index contributed by atoms with van der Waals surface area (Å²) in [6, 6.07) is 11.9. The Morgan fingerprint density at radius 3 is 2.74 bits per heavy atom. The molecule has 0 spiro atoms. The van der Waals surface area contributed by atoms with Crippen LogP contribution in [0.15, 0.2) is 42.5 Å². The Kier molecular flexibility index (Phi) is 4.63. The fourth-order valence-corrected chi connectivity index (χ4v) is 1.93. The van der Waals surface area contributed by atoms with Crippen LogP contribution in [-0.4, -0.2) is 7.11 Å². The van der Waals surface area contributed by atoms with Crippen molar-refractivity contribution in [1.29, 1.82) is 0 Å². The van der Waals surface area contributed by atoms with Crippen molar-refractivity contribution >= 4 is 11.6 Å². The highest BCUT2D eigenvalue weighted by atomic mass is 35.5. The Balaban J connectivity index is 2.09. The summed E-state index contributed by atoms with van der Waals surface area (Å²) < 4.78 is 23.9. The van der Waals surface area contributed by atoms with Crippen molar-refractivity contribution in [3.63, 3.8) is 0 Å². The minimum atomic E-state index is -0.315. The number of alkyl halides is 1. The molecule has 0 radical (unpaired) electrons. The lowest BCUT2D eigenvalue weighted by Gasteiger charge is -2.10. The van der Waals surface area contributed by atoms with Crippen molar-refractivity contribution in [1.82, 2.24) is 0 Å². The maximum atomic E-state index is 13.1. The molecule has 2 aromatic carbocycles. The van der Waals surface area contributed by atoms with Crippen molar-refractivity contribution in [2.45, 2.75) is 12.5 Å². The SMILES string of the molecule is COc1cccc(COc2ccc(F)cc2CCl)c1. The van der Waals surface area contributed by atoms with Gasteiger partial charge in [-0.3, -0.25) is 0 Å². The van der Waals surface area contributed by atoms with E-state index >= 15 is 0 Å². The first-order valence-electron chi connectivity index (χ1n) is 5.83. The van der Waals surface area contributed by atoms with E-state index in [1.54, 1.807) is 13.2 Å². The van der Waals surface area contributed by atoms with Gasteiger partial charge in [0.2, 0.25) is 0 Å². The van der Waals surface area contributed by atoms with Crippen LogP contribution in [0.3, 0.4) is 0 Å². The minimum absolute atomic E-state index is 0.213. The predicted octanol–water partition coefficient (Wildman–Crippen LogP) is 4.15. The number of halogens is 2. The van der Waals surface area contributed by atoms with Crippen LogP contribution in [-0.2, 0) is 12.5 Å². The van der Waals surface area contributed by atoms with Gasteiger partial charge < -0.3 is 9.47 Å². The van der Waals surface area contributed by atoms with Gasteiger partial charge in [-0.1, -0.05) is 12.1 Å². The largest absolute Gasteiger partial charge is 0.497 e. The molecule has 0 bridgehead atoms. The predicted molar refractivity (Wildman–Crippen MR) is 73.3 cm³/mol. The Morgan fingerprint density at radius 1 is 1.16 bits per heavy atom. The van der Waals surface area contributed by atoms with Crippen LogP contribution < -0.4 is 9.47 Å². The van der Waals surface area contributed by atoms with Crippen LogP contribution in [0, 0.1) is 5.82 Å². The molecule has 0 atom stereocenters. The Bertz CT molecular complexity index is 558. The van der Waals surface area contributed by atoms with Gasteiger partial charge in [0.15, 0.2) is 0 Å². The summed E-state index contributed by atoms with van der Waals surface area (Å²) in [5.41, 5.74) is 1.62. The zero-order chi connectivity index (χ0) is 13.7. The third-order valence-corrected chi connectivity index (χ3v) is 2.98. The van der Waals surface area contributed by atoms with Crippen molar-refractivity contribution in [3.8, 4) is 11.5 Å². The zero-order valence-corrected chi connectivity index (χ0v) is 11.3. The minimum Gasteiger partial charge on any atom is -0.497 e. The molecule has 0 fully saturated rings. The van der Waals surface area contributed by atoms with Crippen LogP contribution in [0.1, 0.15) is 11.1 Å². The van der Waals surface area contributed by atoms with Gasteiger partial charge in [0.1, 0.15) is 23.9 Å². The van der Waals surface area contributed by atoms with E-state index < -0.39 is 0 Å². The smallest absolute Gasteiger partial charge is 0.124 e. The summed E-state index contributed by atoms with van der Waals surface area (Å²) in [6.45, 7) is 0.382. The fraction of sp³-hybridized carbons (Fsp3) is 0.200. The molecule has 19 heavy (non-hydrogen) atoms. The molecule has 4 heteroatoms. The van der Waals surface area contributed by atoms with Crippen LogP contribution in [0.5, 0.6) is 11.5 Å². The Hall–Kier alpha value is -1.74. The highest BCUT2D eigenvalue weighted by Crippen LogP contribution is 2.23. The number of hydrogen-bond donors (Lipinski definition) is 0. The van der Waals surface area contributed by atoms with E-state index in [-0.39, 0.29) is 11.7 Å². The maximum absolute atomic E-state index is 13.1. The molecule has 0 N–H and O–H groups in total. The van der Waals surface area contributed by atoms with E-state index in [1.165, 1.54) is 12.1 Å². The molecule has 2 rings (SSSR count). The van der Waals surface area contributed by atoms with Crippen LogP contribution in [0.2, 0.25) is 0 Å². The topological polar surface area (TPSA) is 18.5 Å². The Labute approximate surface area is 116 Å². The van der Waals surface area contributed by atoms with Crippen molar-refractivity contribution in [2.75, 3.05) is 7.11 Å². The molecule has 0 heterocycles. The van der Waals surface area contributed by atoms with E-state index in [0.29, 0.717) is 17.9 Å². The molecule has 0 aliphatic rings. The molecule has 100 valence electrons. The van der Waals surface area contributed by atoms with Crippen LogP contribution in [0.4, 0.5) is 4.39 Å². The highest BCUT2D eigenvalue weighted by molar-refractivity contribution is 6.17. The second-order valence-electron chi connectivity index (χ2n) is 4.03. The number of rotatable bonds is 5. The third-order valence-electron chi connectivity index (χ3n) is 2.69. The summed E-state index contributed by atoms with van der Waals surface area (Å²) in [6.07, 6.45) is 0. The first-order chi connectivity index (χ1) is 9.22. The van der Waals surface area contributed by atoms with Gasteiger partial charge in [0.05, 0.1) is 13.0 Å². The maximum Gasteiger partial charge on any atom is 0.124 e. The average molecular weight is 281 g/mol. The monoisotopic (exact) mass is 280 g/mol. The first kappa shape index (κ1) is 13.7. The van der Waals surface area contributed by atoms with Gasteiger partial charge >= 0.3 is 0 Å². The normalized spacial score (nSPS) is 10.3. The first-order valence-corrected chi connectivity index (χ1v) is 6.36. The summed E-state index contributed by atoms with van der Waals surface area (Å²) in [5.74, 6) is 1.27. The summed E-state index contributed by atoms with van der Waals surface area (Å²) in [7, 11) is 1.62. The number of ether oxygens (including phenoxy) is 2. The quantitative estimate of drug-likeness (QED) is 0.766. The molecule has 0 aliphatic carbocycles. The van der Waals surface area contributed by atoms with E-state index in [2.05, 4.69) is 0 Å². The van der Waals surface area contributed by atoms with Crippen molar-refractivity contribution in [2.24, 2.45) is 0 Å². The average Bonchev–Trinajstić information content (AvgIpc) is 2.46. The molecule has 2 nitrogen and oxygen atoms in total. The van der Waals surface area contributed by atoms with Gasteiger partial charge in [-0.15, -0.1) is 11.6 Å². The van der Waals surface area contributed by atoms with Gasteiger partial charge in [-0.05, 0) is 35.9 Å². The molecule has 0 aliphatic heterocycles. The third kappa shape index (κ3) is 3.61. The highest BCUT2D eigenvalue weighted by Gasteiger charge is 2.05. The van der Waals surface area contributed by atoms with Gasteiger partial charge in [-0.2, -0.15) is 0 Å². The summed E-state index contributed by atoms with van der Waals surface area (Å²) in [5, 5.41) is 0. The standard InChI is InChI=1S/C15H14ClFO2/c1-18-14-4-2-3-11(7-14)10-19-15-6-5-13(17)8-12(15)9-16/h2-8H,9-10H2,1H3. The Morgan fingerprint density at radius 2 is 2.00 bits per heavy atom. The number of hydrogen-bond acceptors (Lipinski definition) is 2. The van der Waals surface area contributed by atoms with Crippen LogP contribution >= 0.6 is 11.6 Å². The number of methoxy groups -OCH3 is 1. The lowest BCUT2D eigenvalue weighted by molar-refractivity contribution is 0.302. The lowest BCUT2D eigenvalue weighted by Crippen LogP contribution is -1.98. The second kappa shape index (κ2) is 6.43. The molecular formula is C15H14ClFO2. The van der Waals surface area contributed by atoms with Crippen molar-refractivity contribution < 1.29 is 13.9 Å². The zero-order valence-electron chi connectivity index (χ0n) is 10.5. The van der Waals surface area contributed by atoms with E-state index in [4.69, 9.17) is 21.1 Å². The molecule has 0 saturated carbocycles. The van der Waals surface area contributed by atoms with Gasteiger partial charge in [0.25, 0.3) is 0 Å². The number of benzene rings is 2. The van der Waals surface area contributed by atoms with Gasteiger partial charge in [-0.25, -0.2) is 4.39 Å². The molecule has 0 saturated heterocycles. The molecule has 2 aromatic rings. The van der Waals surface area contributed by atoms with E-state index in [1.807, 2.05) is 24.3 Å². The molecule has 0 aromatic heterocycles. The summed E-state index contributed by atoms with van der Waals surface area (Å²) >= 11 is 5.77. The van der Waals surface area contributed by atoms with Gasteiger partial charge in [0, 0.05) is 5.56 Å². The summed E-state index contributed by atoms with van der Waals surface area (Å²) in [4.78, 5) is 0. The second-order valence-corrected chi connectivity index (χ2v) is 4.29. The van der Waals surface area contributed by atoms with E-state index in [0.717, 1.165) is 11.3 Å². The van der Waals surface area contributed by atoms with E-state index in [9.17, 15) is 4.39 Å².